The minimum absolute atomic E-state index is 0.111. The minimum Gasteiger partial charge on any atom is -0.451 e. The van der Waals surface area contributed by atoms with Crippen LogP contribution in [0.4, 0.5) is 14.5 Å². The highest BCUT2D eigenvalue weighted by molar-refractivity contribution is 6.06. The summed E-state index contributed by atoms with van der Waals surface area (Å²) in [4.78, 5) is 12.2. The molecular weight excluding hydrogens is 276 g/mol. The van der Waals surface area contributed by atoms with Gasteiger partial charge >= 0.3 is 0 Å². The van der Waals surface area contributed by atoms with Gasteiger partial charge in [0.25, 0.3) is 5.91 Å². The van der Waals surface area contributed by atoms with Crippen molar-refractivity contribution in [3.8, 4) is 0 Å². The topological polar surface area (TPSA) is 42.2 Å². The number of rotatable bonds is 2. The first-order chi connectivity index (χ1) is 10.0. The third-order valence-electron chi connectivity index (χ3n) is 3.21. The predicted molar refractivity (Wildman–Crippen MR) is 75.3 cm³/mol. The molecule has 0 unspecified atom stereocenters. The Morgan fingerprint density at radius 3 is 2.43 bits per heavy atom. The zero-order chi connectivity index (χ0) is 15.0. The molecule has 106 valence electrons. The maximum atomic E-state index is 13.2. The number of carbonyl (C=O) groups excluding carboxylic acids is 1. The third kappa shape index (κ3) is 2.50. The smallest absolute Gasteiger partial charge is 0.291 e. The molecule has 1 amide bonds. The molecule has 0 aliphatic carbocycles. The summed E-state index contributed by atoms with van der Waals surface area (Å²) in [5.41, 5.74) is 1.45. The van der Waals surface area contributed by atoms with E-state index < -0.39 is 11.7 Å². The SMILES string of the molecule is Cc1c(C(=O)Nc2ccc(F)cc2)oc2ccc(F)cc12. The van der Waals surface area contributed by atoms with Crippen LogP contribution in [0.5, 0.6) is 0 Å². The van der Waals surface area contributed by atoms with Crippen molar-refractivity contribution in [3.63, 3.8) is 0 Å². The van der Waals surface area contributed by atoms with Crippen molar-refractivity contribution in [2.24, 2.45) is 0 Å². The van der Waals surface area contributed by atoms with Crippen molar-refractivity contribution in [2.45, 2.75) is 6.92 Å². The number of halogens is 2. The van der Waals surface area contributed by atoms with Gasteiger partial charge in [0.2, 0.25) is 0 Å². The lowest BCUT2D eigenvalue weighted by Crippen LogP contribution is -2.12. The molecule has 5 heteroatoms. The van der Waals surface area contributed by atoms with Crippen LogP contribution in [0.3, 0.4) is 0 Å². The Labute approximate surface area is 119 Å². The average Bonchev–Trinajstić information content (AvgIpc) is 2.79. The molecule has 3 rings (SSSR count). The van der Waals surface area contributed by atoms with E-state index in [1.807, 2.05) is 0 Å². The van der Waals surface area contributed by atoms with E-state index in [2.05, 4.69) is 5.32 Å². The van der Waals surface area contributed by atoms with Crippen LogP contribution >= 0.6 is 0 Å². The second-order valence-electron chi connectivity index (χ2n) is 4.66. The van der Waals surface area contributed by atoms with Gasteiger partial charge in [-0.1, -0.05) is 0 Å². The molecule has 3 aromatic rings. The lowest BCUT2D eigenvalue weighted by atomic mass is 10.1. The zero-order valence-corrected chi connectivity index (χ0v) is 11.1. The number of benzene rings is 2. The van der Waals surface area contributed by atoms with E-state index in [0.717, 1.165) is 0 Å². The fraction of sp³-hybridized carbons (Fsp3) is 0.0625. The molecular formula is C16H11F2NO2. The van der Waals surface area contributed by atoms with Crippen LogP contribution < -0.4 is 5.32 Å². The lowest BCUT2D eigenvalue weighted by molar-refractivity contribution is 0.0998. The number of aryl methyl sites for hydroxylation is 1. The normalized spacial score (nSPS) is 10.8. The summed E-state index contributed by atoms with van der Waals surface area (Å²) in [5, 5.41) is 3.16. The van der Waals surface area contributed by atoms with Crippen molar-refractivity contribution in [1.82, 2.24) is 0 Å². The number of fused-ring (bicyclic) bond motifs is 1. The summed E-state index contributed by atoms with van der Waals surface area (Å²) in [6.45, 7) is 1.69. The molecule has 0 saturated heterocycles. The number of hydrogen-bond acceptors (Lipinski definition) is 2. The van der Waals surface area contributed by atoms with Crippen molar-refractivity contribution in [1.29, 1.82) is 0 Å². The Morgan fingerprint density at radius 2 is 1.71 bits per heavy atom. The molecule has 0 saturated carbocycles. The van der Waals surface area contributed by atoms with Crippen LogP contribution in [0.1, 0.15) is 16.1 Å². The van der Waals surface area contributed by atoms with Crippen molar-refractivity contribution in [2.75, 3.05) is 5.32 Å². The van der Waals surface area contributed by atoms with Gasteiger partial charge in [-0.05, 0) is 49.4 Å². The number of furan rings is 1. The van der Waals surface area contributed by atoms with Crippen LogP contribution in [0.25, 0.3) is 11.0 Å². The highest BCUT2D eigenvalue weighted by Gasteiger charge is 2.18. The number of nitrogens with one attached hydrogen (secondary N) is 1. The Kier molecular flexibility index (Phi) is 3.17. The van der Waals surface area contributed by atoms with Crippen molar-refractivity contribution < 1.29 is 18.0 Å². The molecule has 0 fully saturated rings. The Morgan fingerprint density at radius 1 is 1.05 bits per heavy atom. The van der Waals surface area contributed by atoms with Gasteiger partial charge in [-0.3, -0.25) is 4.79 Å². The van der Waals surface area contributed by atoms with E-state index in [1.165, 1.54) is 42.5 Å². The largest absolute Gasteiger partial charge is 0.451 e. The van der Waals surface area contributed by atoms with E-state index in [0.29, 0.717) is 22.2 Å². The molecule has 0 atom stereocenters. The van der Waals surface area contributed by atoms with Crippen LogP contribution in [-0.2, 0) is 0 Å². The summed E-state index contributed by atoms with van der Waals surface area (Å²) in [6.07, 6.45) is 0. The maximum Gasteiger partial charge on any atom is 0.291 e. The van der Waals surface area contributed by atoms with E-state index in [-0.39, 0.29) is 11.6 Å². The van der Waals surface area contributed by atoms with Gasteiger partial charge in [0.15, 0.2) is 5.76 Å². The first kappa shape index (κ1) is 13.3. The van der Waals surface area contributed by atoms with Crippen LogP contribution in [0.2, 0.25) is 0 Å². The highest BCUT2D eigenvalue weighted by Crippen LogP contribution is 2.26. The fourth-order valence-corrected chi connectivity index (χ4v) is 2.13. The molecule has 3 nitrogen and oxygen atoms in total. The van der Waals surface area contributed by atoms with Crippen LogP contribution in [0, 0.1) is 18.6 Å². The molecule has 2 aromatic carbocycles. The second kappa shape index (κ2) is 5.01. The molecule has 0 spiro atoms. The monoisotopic (exact) mass is 287 g/mol. The molecule has 21 heavy (non-hydrogen) atoms. The second-order valence-corrected chi connectivity index (χ2v) is 4.66. The van der Waals surface area contributed by atoms with Crippen LogP contribution in [-0.4, -0.2) is 5.91 Å². The van der Waals surface area contributed by atoms with E-state index in [1.54, 1.807) is 6.92 Å². The Hall–Kier alpha value is -2.69. The number of anilines is 1. The van der Waals surface area contributed by atoms with Gasteiger partial charge < -0.3 is 9.73 Å². The molecule has 0 bridgehead atoms. The summed E-state index contributed by atoms with van der Waals surface area (Å²) in [5.74, 6) is -1.13. The summed E-state index contributed by atoms with van der Waals surface area (Å²) in [6, 6.07) is 9.46. The third-order valence-corrected chi connectivity index (χ3v) is 3.21. The minimum atomic E-state index is -0.462. The van der Waals surface area contributed by atoms with Crippen molar-refractivity contribution in [3.05, 3.63) is 65.4 Å². The number of carbonyl (C=O) groups is 1. The molecule has 0 aliphatic rings. The van der Waals surface area contributed by atoms with Crippen molar-refractivity contribution >= 4 is 22.6 Å². The van der Waals surface area contributed by atoms with Gasteiger partial charge in [-0.15, -0.1) is 0 Å². The Bertz CT molecular complexity index is 822. The van der Waals surface area contributed by atoms with Gasteiger partial charge in [-0.2, -0.15) is 0 Å². The highest BCUT2D eigenvalue weighted by atomic mass is 19.1. The molecule has 1 N–H and O–H groups in total. The first-order valence-electron chi connectivity index (χ1n) is 6.30. The average molecular weight is 287 g/mol. The van der Waals surface area contributed by atoms with Crippen LogP contribution in [0.15, 0.2) is 46.9 Å². The lowest BCUT2D eigenvalue weighted by Gasteiger charge is -2.03. The molecule has 1 heterocycles. The first-order valence-corrected chi connectivity index (χ1v) is 6.30. The number of amides is 1. The Balaban J connectivity index is 1.94. The number of hydrogen-bond donors (Lipinski definition) is 1. The van der Waals surface area contributed by atoms with Gasteiger partial charge in [0, 0.05) is 16.6 Å². The fourth-order valence-electron chi connectivity index (χ4n) is 2.13. The molecule has 0 radical (unpaired) electrons. The van der Waals surface area contributed by atoms with Gasteiger partial charge in [0.1, 0.15) is 17.2 Å². The summed E-state index contributed by atoms with van der Waals surface area (Å²) >= 11 is 0. The van der Waals surface area contributed by atoms with E-state index in [4.69, 9.17) is 4.42 Å². The maximum absolute atomic E-state index is 13.2. The van der Waals surface area contributed by atoms with Gasteiger partial charge in [0.05, 0.1) is 0 Å². The molecule has 1 aromatic heterocycles. The standard InChI is InChI=1S/C16H11F2NO2/c1-9-13-8-11(18)4-7-14(13)21-15(9)16(20)19-12-5-2-10(17)3-6-12/h2-8H,1H3,(H,19,20). The summed E-state index contributed by atoms with van der Waals surface area (Å²) < 4.78 is 31.5. The summed E-state index contributed by atoms with van der Waals surface area (Å²) in [7, 11) is 0. The molecule has 0 aliphatic heterocycles. The predicted octanol–water partition coefficient (Wildman–Crippen LogP) is 4.27. The van der Waals surface area contributed by atoms with Gasteiger partial charge in [-0.25, -0.2) is 8.78 Å². The quantitative estimate of drug-likeness (QED) is 0.764. The zero-order valence-electron chi connectivity index (χ0n) is 11.1. The van der Waals surface area contributed by atoms with E-state index >= 15 is 0 Å². The van der Waals surface area contributed by atoms with E-state index in [9.17, 15) is 13.6 Å².